The maximum Gasteiger partial charge on any atom is 0.259 e. The molecule has 3 unspecified atom stereocenters. The zero-order valence-electron chi connectivity index (χ0n) is 17.7. The smallest absolute Gasteiger partial charge is 0.259 e. The Kier molecular flexibility index (Phi) is 6.88. The lowest BCUT2D eigenvalue weighted by molar-refractivity contribution is -0.129. The van der Waals surface area contributed by atoms with Crippen LogP contribution in [0.25, 0.3) is 11.1 Å². The highest BCUT2D eigenvalue weighted by molar-refractivity contribution is 7.85. The van der Waals surface area contributed by atoms with Crippen LogP contribution in [0.3, 0.4) is 0 Å². The molecule has 31 heavy (non-hydrogen) atoms. The van der Waals surface area contributed by atoms with Crippen molar-refractivity contribution in [3.8, 4) is 17.2 Å². The Hall–Kier alpha value is -3.02. The molecule has 162 valence electrons. The zero-order chi connectivity index (χ0) is 22.6. The molecule has 0 aliphatic carbocycles. The fraction of sp³-hybridized carbons (Fsp3) is 0.348. The predicted molar refractivity (Wildman–Crippen MR) is 119 cm³/mol. The summed E-state index contributed by atoms with van der Waals surface area (Å²) in [6, 6.07) is 18.2. The molecule has 0 saturated carbocycles. The summed E-state index contributed by atoms with van der Waals surface area (Å²) in [4.78, 5) is 17.1. The average molecular weight is 440 g/mol. The fourth-order valence-electron chi connectivity index (χ4n) is 3.43. The summed E-state index contributed by atoms with van der Waals surface area (Å²) >= 11 is 0. The van der Waals surface area contributed by atoms with Crippen LogP contribution in [0, 0.1) is 11.3 Å². The van der Waals surface area contributed by atoms with Crippen LogP contribution in [-0.4, -0.2) is 38.6 Å². The maximum atomic E-state index is 11.8. The number of amides is 1. The second-order valence-electron chi connectivity index (χ2n) is 8.06. The number of nitriles is 1. The van der Waals surface area contributed by atoms with Crippen molar-refractivity contribution in [3.63, 3.8) is 0 Å². The van der Waals surface area contributed by atoms with Crippen molar-refractivity contribution in [2.45, 2.75) is 43.5 Å². The Bertz CT molecular complexity index is 1040. The van der Waals surface area contributed by atoms with Gasteiger partial charge in [-0.05, 0) is 36.1 Å². The third-order valence-electron chi connectivity index (χ3n) is 5.45. The number of carbonyl (C=O) groups excluding carboxylic acids is 1. The van der Waals surface area contributed by atoms with E-state index in [-0.39, 0.29) is 12.5 Å². The first-order chi connectivity index (χ1) is 14.7. The summed E-state index contributed by atoms with van der Waals surface area (Å²) < 4.78 is 11.8. The summed E-state index contributed by atoms with van der Waals surface area (Å²) in [6.45, 7) is 3.79. The lowest BCUT2D eigenvalue weighted by Crippen LogP contribution is -2.37. The third kappa shape index (κ3) is 5.19. The van der Waals surface area contributed by atoms with E-state index in [4.69, 9.17) is 10.0 Å². The van der Waals surface area contributed by atoms with Crippen LogP contribution in [0.1, 0.15) is 37.8 Å². The zero-order valence-corrected chi connectivity index (χ0v) is 18.5. The molecule has 1 heterocycles. The minimum Gasteiger partial charge on any atom is -0.392 e. The molecule has 0 spiro atoms. The highest BCUT2D eigenvalue weighted by Gasteiger charge is 2.31. The second-order valence-corrected chi connectivity index (χ2v) is 9.63. The number of nitrogens with one attached hydrogen (secondary N) is 1. The summed E-state index contributed by atoms with van der Waals surface area (Å²) in [5, 5.41) is 21.4. The van der Waals surface area contributed by atoms with Gasteiger partial charge in [0.05, 0.1) is 17.2 Å². The second kappa shape index (κ2) is 9.41. The molecule has 2 aromatic carbocycles. The van der Waals surface area contributed by atoms with Crippen molar-refractivity contribution in [3.05, 3.63) is 59.7 Å². The van der Waals surface area contributed by atoms with Crippen molar-refractivity contribution in [2.75, 3.05) is 6.26 Å². The minimum atomic E-state index is -1.44. The molecule has 7 nitrogen and oxygen atoms in total. The van der Waals surface area contributed by atoms with Gasteiger partial charge in [0.2, 0.25) is 0 Å². The Morgan fingerprint density at radius 2 is 1.77 bits per heavy atom. The van der Waals surface area contributed by atoms with E-state index in [0.29, 0.717) is 6.42 Å². The number of hydroxylamine groups is 1. The van der Waals surface area contributed by atoms with E-state index in [1.54, 1.807) is 5.48 Å². The van der Waals surface area contributed by atoms with Gasteiger partial charge in [-0.15, -0.1) is 0 Å². The monoisotopic (exact) mass is 439 g/mol. The first kappa shape index (κ1) is 22.7. The normalized spacial score (nSPS) is 17.8. The average Bonchev–Trinajstić information content (AvgIpc) is 3.25. The van der Waals surface area contributed by atoms with Crippen molar-refractivity contribution >= 4 is 22.4 Å². The van der Waals surface area contributed by atoms with E-state index in [9.17, 15) is 14.3 Å². The highest BCUT2D eigenvalue weighted by Crippen LogP contribution is 2.27. The van der Waals surface area contributed by atoms with Gasteiger partial charge in [0, 0.05) is 29.9 Å². The fourth-order valence-corrected chi connectivity index (χ4v) is 4.27. The Labute approximate surface area is 184 Å². The molecule has 3 rings (SSSR count). The van der Waals surface area contributed by atoms with Crippen molar-refractivity contribution in [1.29, 1.82) is 5.26 Å². The largest absolute Gasteiger partial charge is 0.392 e. The lowest BCUT2D eigenvalue weighted by atomic mass is 9.85. The van der Waals surface area contributed by atoms with Crippen LogP contribution in [0.15, 0.2) is 53.7 Å². The van der Waals surface area contributed by atoms with Crippen LogP contribution in [-0.2, 0) is 25.8 Å². The van der Waals surface area contributed by atoms with E-state index < -0.39 is 27.4 Å². The van der Waals surface area contributed by atoms with Crippen molar-refractivity contribution < 1.29 is 19.0 Å². The van der Waals surface area contributed by atoms with Crippen LogP contribution >= 0.6 is 0 Å². The van der Waals surface area contributed by atoms with Gasteiger partial charge in [0.25, 0.3) is 5.91 Å². The summed E-state index contributed by atoms with van der Waals surface area (Å²) in [7, 11) is -1.44. The molecule has 0 saturated heterocycles. The van der Waals surface area contributed by atoms with E-state index in [2.05, 4.69) is 11.2 Å². The third-order valence-corrected chi connectivity index (χ3v) is 6.66. The lowest BCUT2D eigenvalue weighted by Gasteiger charge is -2.16. The summed E-state index contributed by atoms with van der Waals surface area (Å²) in [6.07, 6.45) is 1.73. The highest BCUT2D eigenvalue weighted by atomic mass is 32.2. The van der Waals surface area contributed by atoms with Gasteiger partial charge in [-0.25, -0.2) is 5.48 Å². The van der Waals surface area contributed by atoms with E-state index in [1.807, 2.05) is 62.4 Å². The first-order valence-electron chi connectivity index (χ1n) is 9.86. The van der Waals surface area contributed by atoms with E-state index >= 15 is 0 Å². The summed E-state index contributed by atoms with van der Waals surface area (Å²) in [5.74, 6) is -0.689. The van der Waals surface area contributed by atoms with Gasteiger partial charge >= 0.3 is 0 Å². The van der Waals surface area contributed by atoms with Crippen LogP contribution in [0.2, 0.25) is 0 Å². The first-order valence-corrected chi connectivity index (χ1v) is 11.5. The molecular formula is C23H25N3O4S. The van der Waals surface area contributed by atoms with Gasteiger partial charge in [0.1, 0.15) is 11.4 Å². The Balaban J connectivity index is 1.67. The number of oxime groups is 1. The van der Waals surface area contributed by atoms with Gasteiger partial charge in [-0.1, -0.05) is 53.7 Å². The Morgan fingerprint density at radius 3 is 2.29 bits per heavy atom. The number of hydrogen-bond acceptors (Lipinski definition) is 6. The quantitative estimate of drug-likeness (QED) is 0.508. The molecule has 0 radical (unpaired) electrons. The van der Waals surface area contributed by atoms with Gasteiger partial charge in [-0.2, -0.15) is 5.26 Å². The molecule has 0 aromatic heterocycles. The SMILES string of the molecule is CS(=O)C(CC1CC(c2ccc(-c3ccc(C(C)(C)C#N)cc3)cc2)=NO1)C(=O)NO. The molecule has 1 aliphatic heterocycles. The summed E-state index contributed by atoms with van der Waals surface area (Å²) in [5.41, 5.74) is 5.77. The molecule has 0 bridgehead atoms. The van der Waals surface area contributed by atoms with E-state index in [0.717, 1.165) is 28.0 Å². The topological polar surface area (TPSA) is 112 Å². The minimum absolute atomic E-state index is 0.200. The molecule has 3 atom stereocenters. The maximum absolute atomic E-state index is 11.8. The molecule has 2 N–H and O–H groups in total. The van der Waals surface area contributed by atoms with Gasteiger partial charge in [-0.3, -0.25) is 14.2 Å². The van der Waals surface area contributed by atoms with Crippen molar-refractivity contribution in [2.24, 2.45) is 5.16 Å². The molecule has 1 amide bonds. The van der Waals surface area contributed by atoms with Crippen LogP contribution < -0.4 is 5.48 Å². The van der Waals surface area contributed by atoms with Crippen molar-refractivity contribution in [1.82, 2.24) is 5.48 Å². The van der Waals surface area contributed by atoms with E-state index in [1.165, 1.54) is 6.26 Å². The molecular weight excluding hydrogens is 414 g/mol. The molecule has 1 aliphatic rings. The molecule has 2 aromatic rings. The number of benzene rings is 2. The van der Waals surface area contributed by atoms with Crippen LogP contribution in [0.5, 0.6) is 0 Å². The van der Waals surface area contributed by atoms with Gasteiger partial charge < -0.3 is 4.84 Å². The number of carbonyl (C=O) groups is 1. The standard InChI is InChI=1S/C23H25N3O4S/c1-23(2,14-24)18-10-8-16(9-11-18)15-4-6-17(7-5-15)20-12-19(30-26-20)13-21(31(3)29)22(27)25-28/h4-11,19,21,28H,12-13H2,1-3H3,(H,25,27). The predicted octanol–water partition coefficient (Wildman–Crippen LogP) is 3.29. The molecule has 8 heteroatoms. The van der Waals surface area contributed by atoms with Gasteiger partial charge in [0.15, 0.2) is 0 Å². The number of rotatable bonds is 7. The molecule has 0 fully saturated rings. The van der Waals surface area contributed by atoms with Crippen LogP contribution in [0.4, 0.5) is 0 Å². The number of hydrogen-bond donors (Lipinski definition) is 2. The Morgan fingerprint density at radius 1 is 1.23 bits per heavy atom. The number of nitrogens with zero attached hydrogens (tertiary/aromatic N) is 2.